The van der Waals surface area contributed by atoms with Gasteiger partial charge in [-0.15, -0.1) is 0 Å². The third kappa shape index (κ3) is 4.66. The lowest BCUT2D eigenvalue weighted by Gasteiger charge is -2.10. The van der Waals surface area contributed by atoms with E-state index < -0.39 is 0 Å². The van der Waals surface area contributed by atoms with Gasteiger partial charge in [-0.3, -0.25) is 4.79 Å². The van der Waals surface area contributed by atoms with Gasteiger partial charge in [0.2, 0.25) is 5.91 Å². The Morgan fingerprint density at radius 1 is 1.28 bits per heavy atom. The summed E-state index contributed by atoms with van der Waals surface area (Å²) < 4.78 is 5.34. The Balaban J connectivity index is 1.55. The van der Waals surface area contributed by atoms with Crippen LogP contribution in [0.5, 0.6) is 0 Å². The number of hydrogen-bond acceptors (Lipinski definition) is 5. The van der Waals surface area contributed by atoms with Crippen molar-refractivity contribution >= 4 is 5.91 Å². The van der Waals surface area contributed by atoms with E-state index in [1.807, 2.05) is 31.3 Å². The molecule has 2 aromatic rings. The van der Waals surface area contributed by atoms with Gasteiger partial charge < -0.3 is 15.2 Å². The number of nitrogens with zero attached hydrogens (tertiary/aromatic N) is 2. The zero-order valence-electron chi connectivity index (χ0n) is 14.9. The molecule has 0 bridgehead atoms. The van der Waals surface area contributed by atoms with E-state index in [9.17, 15) is 4.79 Å². The highest BCUT2D eigenvalue weighted by Gasteiger charge is 2.22. The third-order valence-electron chi connectivity index (χ3n) is 4.84. The average molecular weight is 342 g/mol. The van der Waals surface area contributed by atoms with Crippen molar-refractivity contribution in [1.82, 2.24) is 20.8 Å². The molecule has 2 N–H and O–H groups in total. The fourth-order valence-corrected chi connectivity index (χ4v) is 3.12. The molecule has 1 aromatic carbocycles. The summed E-state index contributed by atoms with van der Waals surface area (Å²) in [7, 11) is 1.91. The minimum absolute atomic E-state index is 0.182. The third-order valence-corrected chi connectivity index (χ3v) is 4.84. The van der Waals surface area contributed by atoms with Crippen LogP contribution in [-0.2, 0) is 17.8 Å². The van der Waals surface area contributed by atoms with Gasteiger partial charge in [0.05, 0.1) is 0 Å². The number of nitrogens with one attached hydrogen (secondary N) is 2. The lowest BCUT2D eigenvalue weighted by molar-refractivity contribution is -0.124. The van der Waals surface area contributed by atoms with Crippen LogP contribution in [0.25, 0.3) is 11.5 Å². The van der Waals surface area contributed by atoms with Crippen LogP contribution in [0.15, 0.2) is 28.8 Å². The summed E-state index contributed by atoms with van der Waals surface area (Å²) in [4.78, 5) is 16.5. The molecule has 1 atom stereocenters. The minimum atomic E-state index is 0.182. The van der Waals surface area contributed by atoms with Crippen LogP contribution in [0.2, 0.25) is 0 Å². The molecule has 6 nitrogen and oxygen atoms in total. The Bertz CT molecular complexity index is 690. The maximum atomic E-state index is 12.1. The molecule has 0 saturated heterocycles. The van der Waals surface area contributed by atoms with Crippen LogP contribution in [0.1, 0.15) is 44.0 Å². The predicted molar refractivity (Wildman–Crippen MR) is 95.8 cm³/mol. The first-order valence-electron chi connectivity index (χ1n) is 9.02. The van der Waals surface area contributed by atoms with Gasteiger partial charge in [-0.25, -0.2) is 0 Å². The van der Waals surface area contributed by atoms with E-state index >= 15 is 0 Å². The summed E-state index contributed by atoms with van der Waals surface area (Å²) in [6.07, 6.45) is 5.12. The molecule has 1 aliphatic carbocycles. The molecule has 0 radical (unpaired) electrons. The van der Waals surface area contributed by atoms with Crippen molar-refractivity contribution < 1.29 is 9.32 Å². The summed E-state index contributed by atoms with van der Waals surface area (Å²) >= 11 is 0. The van der Waals surface area contributed by atoms with Gasteiger partial charge in [-0.2, -0.15) is 4.98 Å². The molecular weight excluding hydrogens is 316 g/mol. The quantitative estimate of drug-likeness (QED) is 0.809. The highest BCUT2D eigenvalue weighted by molar-refractivity contribution is 5.78. The van der Waals surface area contributed by atoms with Crippen molar-refractivity contribution in [2.24, 2.45) is 5.92 Å². The minimum Gasteiger partial charge on any atom is -0.352 e. The number of carbonyl (C=O) groups is 1. The van der Waals surface area contributed by atoms with E-state index in [4.69, 9.17) is 4.52 Å². The van der Waals surface area contributed by atoms with Crippen LogP contribution in [-0.4, -0.2) is 29.1 Å². The fourth-order valence-electron chi connectivity index (χ4n) is 3.12. The zero-order valence-corrected chi connectivity index (χ0v) is 14.9. The van der Waals surface area contributed by atoms with Crippen molar-refractivity contribution in [3.05, 3.63) is 35.7 Å². The van der Waals surface area contributed by atoms with E-state index in [1.165, 1.54) is 12.8 Å². The van der Waals surface area contributed by atoms with Gasteiger partial charge in [0.1, 0.15) is 0 Å². The molecule has 0 spiro atoms. The van der Waals surface area contributed by atoms with E-state index in [0.29, 0.717) is 24.3 Å². The number of amides is 1. The SMILES string of the molecule is CNC(C)Cc1noc(-c2ccc(CNC(=O)C3CCCC3)cc2)n1. The molecule has 1 heterocycles. The average Bonchev–Trinajstić information content (AvgIpc) is 3.32. The topological polar surface area (TPSA) is 80.0 Å². The largest absolute Gasteiger partial charge is 0.352 e. The Kier molecular flexibility index (Phi) is 5.81. The van der Waals surface area contributed by atoms with Gasteiger partial charge in [0.15, 0.2) is 5.82 Å². The van der Waals surface area contributed by atoms with Crippen molar-refractivity contribution in [3.8, 4) is 11.5 Å². The van der Waals surface area contributed by atoms with E-state index in [1.54, 1.807) is 0 Å². The standard InChI is InChI=1S/C19H26N4O2/c1-13(20-2)11-17-22-19(25-23-17)16-9-7-14(8-10-16)12-21-18(24)15-5-3-4-6-15/h7-10,13,15,20H,3-6,11-12H2,1-2H3,(H,21,24). The Labute approximate surface area is 148 Å². The Morgan fingerprint density at radius 2 is 2.00 bits per heavy atom. The smallest absolute Gasteiger partial charge is 0.257 e. The second-order valence-corrected chi connectivity index (χ2v) is 6.81. The van der Waals surface area contributed by atoms with Gasteiger partial charge in [-0.1, -0.05) is 30.1 Å². The summed E-state index contributed by atoms with van der Waals surface area (Å²) in [5.41, 5.74) is 1.96. The number of aromatic nitrogens is 2. The molecule has 1 aromatic heterocycles. The van der Waals surface area contributed by atoms with Crippen LogP contribution in [0.4, 0.5) is 0 Å². The molecule has 25 heavy (non-hydrogen) atoms. The van der Waals surface area contributed by atoms with E-state index in [-0.39, 0.29) is 11.8 Å². The normalized spacial score (nSPS) is 16.1. The lowest BCUT2D eigenvalue weighted by atomic mass is 10.1. The van der Waals surface area contributed by atoms with Crippen LogP contribution < -0.4 is 10.6 Å². The number of carbonyl (C=O) groups excluding carboxylic acids is 1. The molecule has 1 amide bonds. The number of benzene rings is 1. The number of hydrogen-bond donors (Lipinski definition) is 2. The maximum Gasteiger partial charge on any atom is 0.257 e. The van der Waals surface area contributed by atoms with E-state index in [0.717, 1.165) is 30.4 Å². The molecular formula is C19H26N4O2. The van der Waals surface area contributed by atoms with Gasteiger partial charge in [0.25, 0.3) is 5.89 Å². The number of likely N-dealkylation sites (N-methyl/N-ethyl adjacent to an activating group) is 1. The zero-order chi connectivity index (χ0) is 17.6. The molecule has 134 valence electrons. The predicted octanol–water partition coefficient (Wildman–Crippen LogP) is 2.69. The summed E-state index contributed by atoms with van der Waals surface area (Å²) in [5.74, 6) is 1.61. The molecule has 6 heteroatoms. The van der Waals surface area contributed by atoms with Crippen LogP contribution in [0.3, 0.4) is 0 Å². The molecule has 0 aliphatic heterocycles. The van der Waals surface area contributed by atoms with Crippen molar-refractivity contribution in [1.29, 1.82) is 0 Å². The molecule has 1 saturated carbocycles. The highest BCUT2D eigenvalue weighted by atomic mass is 16.5. The Hall–Kier alpha value is -2.21. The van der Waals surface area contributed by atoms with Crippen molar-refractivity contribution in [3.63, 3.8) is 0 Å². The Morgan fingerprint density at radius 3 is 2.68 bits per heavy atom. The summed E-state index contributed by atoms with van der Waals surface area (Å²) in [6.45, 7) is 2.63. The van der Waals surface area contributed by atoms with Crippen LogP contribution >= 0.6 is 0 Å². The molecule has 1 unspecified atom stereocenters. The first kappa shape index (κ1) is 17.6. The number of rotatable bonds is 7. The van der Waals surface area contributed by atoms with Crippen LogP contribution in [0, 0.1) is 5.92 Å². The first-order chi connectivity index (χ1) is 12.2. The summed E-state index contributed by atoms with van der Waals surface area (Å²) in [5, 5.41) is 10.2. The molecule has 3 rings (SSSR count). The second kappa shape index (κ2) is 8.25. The van der Waals surface area contributed by atoms with E-state index in [2.05, 4.69) is 27.7 Å². The van der Waals surface area contributed by atoms with Crippen molar-refractivity contribution in [2.45, 2.75) is 51.6 Å². The highest BCUT2D eigenvalue weighted by Crippen LogP contribution is 2.24. The first-order valence-corrected chi connectivity index (χ1v) is 9.02. The van der Waals surface area contributed by atoms with Gasteiger partial charge >= 0.3 is 0 Å². The maximum absolute atomic E-state index is 12.1. The lowest BCUT2D eigenvalue weighted by Crippen LogP contribution is -2.28. The van der Waals surface area contributed by atoms with Crippen molar-refractivity contribution in [2.75, 3.05) is 7.05 Å². The van der Waals surface area contributed by atoms with Gasteiger partial charge in [-0.05, 0) is 44.5 Å². The second-order valence-electron chi connectivity index (χ2n) is 6.81. The monoisotopic (exact) mass is 342 g/mol. The van der Waals surface area contributed by atoms with Gasteiger partial charge in [0, 0.05) is 30.5 Å². The fraction of sp³-hybridized carbons (Fsp3) is 0.526. The molecule has 1 aliphatic rings. The summed E-state index contributed by atoms with van der Waals surface area (Å²) in [6, 6.07) is 8.19. The molecule has 1 fully saturated rings.